The zero-order valence-corrected chi connectivity index (χ0v) is 17.6. The van der Waals surface area contributed by atoms with Crippen molar-refractivity contribution >= 4 is 44.6 Å². The Balaban J connectivity index is 1.33. The normalized spacial score (nSPS) is 16.8. The molecule has 1 amide bonds. The van der Waals surface area contributed by atoms with Crippen molar-refractivity contribution in [2.75, 3.05) is 24.5 Å². The maximum absolute atomic E-state index is 12.3. The van der Waals surface area contributed by atoms with Gasteiger partial charge in [0.05, 0.1) is 17.5 Å². The van der Waals surface area contributed by atoms with Crippen LogP contribution in [-0.2, 0) is 14.8 Å². The Morgan fingerprint density at radius 1 is 1.23 bits per heavy atom. The first-order valence-electron chi connectivity index (χ1n) is 9.56. The number of aromatic nitrogens is 1. The van der Waals surface area contributed by atoms with Crippen LogP contribution >= 0.6 is 11.6 Å². The van der Waals surface area contributed by atoms with Gasteiger partial charge in [0, 0.05) is 18.1 Å². The SMILES string of the molecule is O=C(CNS(=O)(=O)c1cccc(Cl)c1)NCC1CCCN1c1nc2ccccc2o1. The number of hydrogen-bond acceptors (Lipinski definition) is 6. The molecule has 1 fully saturated rings. The van der Waals surface area contributed by atoms with Gasteiger partial charge in [0.2, 0.25) is 15.9 Å². The number of hydrogen-bond donors (Lipinski definition) is 2. The van der Waals surface area contributed by atoms with Crippen LogP contribution < -0.4 is 14.9 Å². The molecule has 30 heavy (non-hydrogen) atoms. The number of anilines is 1. The summed E-state index contributed by atoms with van der Waals surface area (Å²) in [6.45, 7) is 0.801. The van der Waals surface area contributed by atoms with Crippen LogP contribution in [-0.4, -0.2) is 45.0 Å². The number of para-hydroxylation sites is 2. The third-order valence-corrected chi connectivity index (χ3v) is 6.60. The lowest BCUT2D eigenvalue weighted by Crippen LogP contribution is -2.43. The van der Waals surface area contributed by atoms with Crippen molar-refractivity contribution < 1.29 is 17.6 Å². The zero-order valence-electron chi connectivity index (χ0n) is 16.0. The van der Waals surface area contributed by atoms with Crippen molar-refractivity contribution in [3.8, 4) is 0 Å². The number of nitrogens with zero attached hydrogens (tertiary/aromatic N) is 2. The first-order valence-corrected chi connectivity index (χ1v) is 11.4. The van der Waals surface area contributed by atoms with E-state index in [0.717, 1.165) is 30.5 Å². The van der Waals surface area contributed by atoms with Crippen LogP contribution in [0.5, 0.6) is 0 Å². The lowest BCUT2D eigenvalue weighted by Gasteiger charge is -2.23. The Hall–Kier alpha value is -2.62. The molecule has 0 aliphatic carbocycles. The van der Waals surface area contributed by atoms with Crippen molar-refractivity contribution in [3.05, 3.63) is 53.6 Å². The van der Waals surface area contributed by atoms with Crippen molar-refractivity contribution in [2.45, 2.75) is 23.8 Å². The minimum atomic E-state index is -3.81. The molecule has 1 unspecified atom stereocenters. The van der Waals surface area contributed by atoms with Gasteiger partial charge in [-0.2, -0.15) is 4.98 Å². The monoisotopic (exact) mass is 448 g/mol. The maximum atomic E-state index is 12.3. The molecule has 1 aromatic heterocycles. The molecule has 1 saturated heterocycles. The number of benzene rings is 2. The minimum Gasteiger partial charge on any atom is -0.423 e. The largest absolute Gasteiger partial charge is 0.423 e. The number of carbonyl (C=O) groups excluding carboxylic acids is 1. The Kier molecular flexibility index (Phi) is 5.94. The lowest BCUT2D eigenvalue weighted by atomic mass is 10.2. The van der Waals surface area contributed by atoms with E-state index in [9.17, 15) is 13.2 Å². The highest BCUT2D eigenvalue weighted by atomic mass is 35.5. The predicted octanol–water partition coefficient (Wildman–Crippen LogP) is 2.54. The van der Waals surface area contributed by atoms with Gasteiger partial charge < -0.3 is 14.6 Å². The molecule has 0 spiro atoms. The minimum absolute atomic E-state index is 0.0146. The molecular formula is C20H21ClN4O4S. The first-order chi connectivity index (χ1) is 14.4. The van der Waals surface area contributed by atoms with Gasteiger partial charge in [-0.15, -0.1) is 0 Å². The second-order valence-electron chi connectivity index (χ2n) is 7.04. The summed E-state index contributed by atoms with van der Waals surface area (Å²) in [5, 5.41) is 3.10. The lowest BCUT2D eigenvalue weighted by molar-refractivity contribution is -0.120. The molecule has 1 aliphatic rings. The molecule has 4 rings (SSSR count). The number of rotatable bonds is 7. The summed E-state index contributed by atoms with van der Waals surface area (Å²) in [4.78, 5) is 18.8. The van der Waals surface area contributed by atoms with Crippen molar-refractivity contribution in [2.24, 2.45) is 0 Å². The van der Waals surface area contributed by atoms with Crippen molar-refractivity contribution in [1.29, 1.82) is 0 Å². The molecule has 0 radical (unpaired) electrons. The number of amides is 1. The highest BCUT2D eigenvalue weighted by Crippen LogP contribution is 2.28. The number of oxazole rings is 1. The van der Waals surface area contributed by atoms with Crippen LogP contribution in [0.1, 0.15) is 12.8 Å². The van der Waals surface area contributed by atoms with E-state index in [1.54, 1.807) is 6.07 Å². The number of nitrogens with one attached hydrogen (secondary N) is 2. The Morgan fingerprint density at radius 3 is 2.87 bits per heavy atom. The summed E-state index contributed by atoms with van der Waals surface area (Å²) >= 11 is 5.84. The summed E-state index contributed by atoms with van der Waals surface area (Å²) in [6, 6.07) is 14.0. The molecule has 2 heterocycles. The third kappa shape index (κ3) is 4.58. The molecule has 2 aromatic carbocycles. The maximum Gasteiger partial charge on any atom is 0.298 e. The summed E-state index contributed by atoms with van der Waals surface area (Å²) < 4.78 is 32.7. The van der Waals surface area contributed by atoms with E-state index in [2.05, 4.69) is 15.0 Å². The van der Waals surface area contributed by atoms with E-state index in [1.165, 1.54) is 18.2 Å². The van der Waals surface area contributed by atoms with Gasteiger partial charge in [-0.3, -0.25) is 4.79 Å². The molecule has 2 N–H and O–H groups in total. The second-order valence-corrected chi connectivity index (χ2v) is 9.24. The summed E-state index contributed by atoms with van der Waals surface area (Å²) in [6.07, 6.45) is 1.84. The van der Waals surface area contributed by atoms with Crippen molar-refractivity contribution in [1.82, 2.24) is 15.0 Å². The Morgan fingerprint density at radius 2 is 2.07 bits per heavy atom. The first kappa shape index (κ1) is 20.6. The van der Waals surface area contributed by atoms with Crippen LogP contribution in [0.2, 0.25) is 5.02 Å². The van der Waals surface area contributed by atoms with E-state index in [0.29, 0.717) is 17.6 Å². The summed E-state index contributed by atoms with van der Waals surface area (Å²) in [5.41, 5.74) is 1.51. The van der Waals surface area contributed by atoms with E-state index in [-0.39, 0.29) is 17.5 Å². The fourth-order valence-electron chi connectivity index (χ4n) is 3.45. The van der Waals surface area contributed by atoms with Gasteiger partial charge in [-0.05, 0) is 43.2 Å². The Labute approximate surface area is 179 Å². The van der Waals surface area contributed by atoms with E-state index in [1.807, 2.05) is 29.2 Å². The summed E-state index contributed by atoms with van der Waals surface area (Å²) in [7, 11) is -3.81. The molecule has 158 valence electrons. The zero-order chi connectivity index (χ0) is 21.1. The fraction of sp³-hybridized carbons (Fsp3) is 0.300. The number of fused-ring (bicyclic) bond motifs is 1. The molecular weight excluding hydrogens is 428 g/mol. The van der Waals surface area contributed by atoms with Gasteiger partial charge >= 0.3 is 0 Å². The average molecular weight is 449 g/mol. The van der Waals surface area contributed by atoms with Crippen LogP contribution in [0.3, 0.4) is 0 Å². The van der Waals surface area contributed by atoms with E-state index in [4.69, 9.17) is 16.0 Å². The molecule has 0 saturated carbocycles. The van der Waals surface area contributed by atoms with Gasteiger partial charge in [0.25, 0.3) is 6.01 Å². The quantitative estimate of drug-likeness (QED) is 0.575. The highest BCUT2D eigenvalue weighted by molar-refractivity contribution is 7.89. The van der Waals surface area contributed by atoms with E-state index < -0.39 is 15.9 Å². The number of halogens is 1. The van der Waals surface area contributed by atoms with Crippen LogP contribution in [0.4, 0.5) is 6.01 Å². The molecule has 0 bridgehead atoms. The van der Waals surface area contributed by atoms with Crippen LogP contribution in [0.25, 0.3) is 11.1 Å². The van der Waals surface area contributed by atoms with Gasteiger partial charge in [0.15, 0.2) is 5.58 Å². The second kappa shape index (κ2) is 8.63. The molecule has 1 atom stereocenters. The predicted molar refractivity (Wildman–Crippen MR) is 114 cm³/mol. The number of carbonyl (C=O) groups is 1. The number of sulfonamides is 1. The highest BCUT2D eigenvalue weighted by Gasteiger charge is 2.28. The molecule has 3 aromatic rings. The van der Waals surface area contributed by atoms with Gasteiger partial charge in [0.1, 0.15) is 5.52 Å². The topological polar surface area (TPSA) is 105 Å². The van der Waals surface area contributed by atoms with Crippen molar-refractivity contribution in [3.63, 3.8) is 0 Å². The Bertz CT molecular complexity index is 1130. The fourth-order valence-corrected chi connectivity index (χ4v) is 4.74. The van der Waals surface area contributed by atoms with E-state index >= 15 is 0 Å². The standard InChI is InChI=1S/C20H21ClN4O4S/c21-14-5-3-7-16(11-14)30(27,28)23-13-19(26)22-12-15-6-4-10-25(15)20-24-17-8-1-2-9-18(17)29-20/h1-3,5,7-9,11,15,23H,4,6,10,12-13H2,(H,22,26). The van der Waals surface area contributed by atoms with Gasteiger partial charge in [-0.25, -0.2) is 13.1 Å². The summed E-state index contributed by atoms with van der Waals surface area (Å²) in [5.74, 6) is -0.412. The average Bonchev–Trinajstić information content (AvgIpc) is 3.37. The molecule has 8 nitrogen and oxygen atoms in total. The molecule has 10 heteroatoms. The smallest absolute Gasteiger partial charge is 0.298 e. The third-order valence-electron chi connectivity index (χ3n) is 4.97. The van der Waals surface area contributed by atoms with Crippen LogP contribution in [0, 0.1) is 0 Å². The van der Waals surface area contributed by atoms with Crippen LogP contribution in [0.15, 0.2) is 57.8 Å². The van der Waals surface area contributed by atoms with Gasteiger partial charge in [-0.1, -0.05) is 29.8 Å². The molecule has 1 aliphatic heterocycles.